The third kappa shape index (κ3) is 3.18. The van der Waals surface area contributed by atoms with Crippen LogP contribution in [-0.2, 0) is 0 Å². The van der Waals surface area contributed by atoms with Gasteiger partial charge in [0.25, 0.3) is 5.91 Å². The zero-order valence-electron chi connectivity index (χ0n) is 10.1. The summed E-state index contributed by atoms with van der Waals surface area (Å²) in [6, 6.07) is 11.1. The first-order chi connectivity index (χ1) is 8.66. The summed E-state index contributed by atoms with van der Waals surface area (Å²) < 4.78 is 0. The van der Waals surface area contributed by atoms with Crippen LogP contribution in [0.1, 0.15) is 26.9 Å². The summed E-state index contributed by atoms with van der Waals surface area (Å²) in [5.41, 5.74) is 1.73. The van der Waals surface area contributed by atoms with E-state index in [1.165, 1.54) is 11.3 Å². The van der Waals surface area contributed by atoms with Gasteiger partial charge in [0, 0.05) is 17.0 Å². The highest BCUT2D eigenvalue weighted by Crippen LogP contribution is 2.17. The maximum absolute atomic E-state index is 11.8. The Balaban J connectivity index is 1.90. The molecule has 0 bridgehead atoms. The van der Waals surface area contributed by atoms with Gasteiger partial charge in [-0.1, -0.05) is 23.8 Å². The molecule has 0 fully saturated rings. The van der Waals surface area contributed by atoms with Crippen molar-refractivity contribution >= 4 is 17.2 Å². The molecule has 4 heteroatoms. The second kappa shape index (κ2) is 5.80. The van der Waals surface area contributed by atoms with Gasteiger partial charge in [-0.15, -0.1) is 11.3 Å². The van der Waals surface area contributed by atoms with Gasteiger partial charge in [-0.2, -0.15) is 0 Å². The lowest BCUT2D eigenvalue weighted by atomic mass is 10.1. The highest BCUT2D eigenvalue weighted by atomic mass is 32.1. The predicted molar refractivity (Wildman–Crippen MR) is 72.8 cm³/mol. The molecule has 0 saturated carbocycles. The van der Waals surface area contributed by atoms with Gasteiger partial charge in [0.15, 0.2) is 0 Å². The normalized spacial score (nSPS) is 12.1. The SMILES string of the molecule is Cc1ccc(C(=O)NCC(O)c2cccs2)cc1. The Morgan fingerprint density at radius 1 is 1.33 bits per heavy atom. The molecule has 1 aromatic heterocycles. The third-order valence-corrected chi connectivity index (χ3v) is 3.61. The fourth-order valence-corrected chi connectivity index (χ4v) is 2.29. The summed E-state index contributed by atoms with van der Waals surface area (Å²) in [4.78, 5) is 12.7. The number of thiophene rings is 1. The van der Waals surface area contributed by atoms with E-state index in [9.17, 15) is 9.90 Å². The fourth-order valence-electron chi connectivity index (χ4n) is 1.58. The van der Waals surface area contributed by atoms with Gasteiger partial charge in [0.2, 0.25) is 0 Å². The van der Waals surface area contributed by atoms with Gasteiger partial charge in [-0.05, 0) is 30.5 Å². The molecule has 0 saturated heterocycles. The molecule has 1 amide bonds. The number of hydrogen-bond acceptors (Lipinski definition) is 3. The minimum atomic E-state index is -0.639. The van der Waals surface area contributed by atoms with Crippen LogP contribution in [0.4, 0.5) is 0 Å². The Morgan fingerprint density at radius 2 is 2.06 bits per heavy atom. The lowest BCUT2D eigenvalue weighted by molar-refractivity contribution is 0.0918. The molecule has 0 spiro atoms. The van der Waals surface area contributed by atoms with Gasteiger partial charge in [0.1, 0.15) is 6.10 Å². The smallest absolute Gasteiger partial charge is 0.251 e. The molecule has 0 aliphatic rings. The van der Waals surface area contributed by atoms with Crippen molar-refractivity contribution in [3.8, 4) is 0 Å². The molecule has 3 nitrogen and oxygen atoms in total. The lowest BCUT2D eigenvalue weighted by Gasteiger charge is -2.10. The average Bonchev–Trinajstić information content (AvgIpc) is 2.90. The maximum atomic E-state index is 11.8. The summed E-state index contributed by atoms with van der Waals surface area (Å²) >= 11 is 1.48. The molecule has 0 aliphatic carbocycles. The van der Waals surface area contributed by atoms with Gasteiger partial charge >= 0.3 is 0 Å². The molecule has 1 unspecified atom stereocenters. The summed E-state index contributed by atoms with van der Waals surface area (Å²) in [7, 11) is 0. The molecule has 2 N–H and O–H groups in total. The van der Waals surface area contributed by atoms with Crippen LogP contribution >= 0.6 is 11.3 Å². The highest BCUT2D eigenvalue weighted by molar-refractivity contribution is 7.10. The number of carbonyl (C=O) groups is 1. The number of aliphatic hydroxyl groups excluding tert-OH is 1. The van der Waals surface area contributed by atoms with E-state index < -0.39 is 6.10 Å². The fraction of sp³-hybridized carbons (Fsp3) is 0.214. The van der Waals surface area contributed by atoms with E-state index in [0.29, 0.717) is 5.56 Å². The number of carbonyl (C=O) groups excluding carboxylic acids is 1. The maximum Gasteiger partial charge on any atom is 0.251 e. The molecular formula is C14H15NO2S. The second-order valence-electron chi connectivity index (χ2n) is 4.11. The number of hydrogen-bond donors (Lipinski definition) is 2. The van der Waals surface area contributed by atoms with E-state index in [-0.39, 0.29) is 12.5 Å². The zero-order chi connectivity index (χ0) is 13.0. The van der Waals surface area contributed by atoms with E-state index >= 15 is 0 Å². The zero-order valence-corrected chi connectivity index (χ0v) is 10.9. The first-order valence-corrected chi connectivity index (χ1v) is 6.61. The average molecular weight is 261 g/mol. The van der Waals surface area contributed by atoms with Gasteiger partial charge in [-0.3, -0.25) is 4.79 Å². The Hall–Kier alpha value is -1.65. The van der Waals surface area contributed by atoms with Gasteiger partial charge in [0.05, 0.1) is 0 Å². The third-order valence-electron chi connectivity index (χ3n) is 2.64. The van der Waals surface area contributed by atoms with Crippen LogP contribution in [-0.4, -0.2) is 17.6 Å². The predicted octanol–water partition coefficient (Wildman–Crippen LogP) is 2.52. The standard InChI is InChI=1S/C14H15NO2S/c1-10-4-6-11(7-5-10)14(17)15-9-12(16)13-3-2-8-18-13/h2-8,12,16H,9H2,1H3,(H,15,17). The number of benzene rings is 1. The second-order valence-corrected chi connectivity index (χ2v) is 5.09. The van der Waals surface area contributed by atoms with Crippen molar-refractivity contribution in [1.29, 1.82) is 0 Å². The largest absolute Gasteiger partial charge is 0.386 e. The van der Waals surface area contributed by atoms with Crippen LogP contribution in [0.15, 0.2) is 41.8 Å². The molecule has 1 atom stereocenters. The van der Waals surface area contributed by atoms with Crippen molar-refractivity contribution in [2.75, 3.05) is 6.54 Å². The van der Waals surface area contributed by atoms with E-state index in [1.807, 2.05) is 36.6 Å². The van der Waals surface area contributed by atoms with Crippen molar-refractivity contribution < 1.29 is 9.90 Å². The van der Waals surface area contributed by atoms with E-state index in [4.69, 9.17) is 0 Å². The molecular weight excluding hydrogens is 246 g/mol. The molecule has 0 aliphatic heterocycles. The Bertz CT molecular complexity index is 505. The van der Waals surface area contributed by atoms with Crippen LogP contribution in [0.5, 0.6) is 0 Å². The molecule has 1 aromatic carbocycles. The van der Waals surface area contributed by atoms with E-state index in [2.05, 4.69) is 5.32 Å². The summed E-state index contributed by atoms with van der Waals surface area (Å²) in [5, 5.41) is 14.5. The van der Waals surface area contributed by atoms with Crippen molar-refractivity contribution in [3.05, 3.63) is 57.8 Å². The molecule has 94 valence electrons. The van der Waals surface area contributed by atoms with Crippen LogP contribution < -0.4 is 5.32 Å². The summed E-state index contributed by atoms with van der Waals surface area (Å²) in [6.45, 7) is 2.20. The van der Waals surface area contributed by atoms with Crippen LogP contribution in [0.25, 0.3) is 0 Å². The Kier molecular flexibility index (Phi) is 4.12. The minimum Gasteiger partial charge on any atom is -0.386 e. The summed E-state index contributed by atoms with van der Waals surface area (Å²) in [5.74, 6) is -0.161. The minimum absolute atomic E-state index is 0.161. The number of amides is 1. The quantitative estimate of drug-likeness (QED) is 0.888. The van der Waals surface area contributed by atoms with E-state index in [0.717, 1.165) is 10.4 Å². The highest BCUT2D eigenvalue weighted by Gasteiger charge is 2.11. The molecule has 0 radical (unpaired) electrons. The first kappa shape index (κ1) is 12.8. The Labute approximate surface area is 110 Å². The number of aryl methyl sites for hydroxylation is 1. The number of rotatable bonds is 4. The van der Waals surface area contributed by atoms with Crippen molar-refractivity contribution in [3.63, 3.8) is 0 Å². The van der Waals surface area contributed by atoms with Gasteiger partial charge < -0.3 is 10.4 Å². The van der Waals surface area contributed by atoms with Crippen molar-refractivity contribution in [2.45, 2.75) is 13.0 Å². The van der Waals surface area contributed by atoms with Crippen molar-refractivity contribution in [2.24, 2.45) is 0 Å². The van der Waals surface area contributed by atoms with Crippen molar-refractivity contribution in [1.82, 2.24) is 5.32 Å². The van der Waals surface area contributed by atoms with E-state index in [1.54, 1.807) is 12.1 Å². The number of nitrogens with one attached hydrogen (secondary N) is 1. The molecule has 2 rings (SSSR count). The molecule has 2 aromatic rings. The van der Waals surface area contributed by atoms with Crippen LogP contribution in [0.2, 0.25) is 0 Å². The monoisotopic (exact) mass is 261 g/mol. The lowest BCUT2D eigenvalue weighted by Crippen LogP contribution is -2.28. The number of aliphatic hydroxyl groups is 1. The summed E-state index contributed by atoms with van der Waals surface area (Å²) in [6.07, 6.45) is -0.639. The van der Waals surface area contributed by atoms with Gasteiger partial charge in [-0.25, -0.2) is 0 Å². The first-order valence-electron chi connectivity index (χ1n) is 5.73. The topological polar surface area (TPSA) is 49.3 Å². The Morgan fingerprint density at radius 3 is 2.67 bits per heavy atom. The van der Waals surface area contributed by atoms with Crippen LogP contribution in [0, 0.1) is 6.92 Å². The van der Waals surface area contributed by atoms with Crippen LogP contribution in [0.3, 0.4) is 0 Å². The molecule has 18 heavy (non-hydrogen) atoms. The molecule has 1 heterocycles.